The minimum atomic E-state index is -0.652. The van der Waals surface area contributed by atoms with Crippen molar-refractivity contribution < 1.29 is 8.78 Å². The van der Waals surface area contributed by atoms with Gasteiger partial charge in [0.05, 0.1) is 10.7 Å². The molecular weight excluding hydrogens is 304 g/mol. The van der Waals surface area contributed by atoms with E-state index in [4.69, 9.17) is 5.73 Å². The molecule has 0 radical (unpaired) electrons. The predicted octanol–water partition coefficient (Wildman–Crippen LogP) is 2.80. The summed E-state index contributed by atoms with van der Waals surface area (Å²) in [7, 11) is 0. The Morgan fingerprint density at radius 1 is 1.39 bits per heavy atom. The molecule has 0 amide bonds. The van der Waals surface area contributed by atoms with E-state index in [1.165, 1.54) is 24.5 Å². The number of benzene rings is 1. The van der Waals surface area contributed by atoms with Crippen LogP contribution in [-0.2, 0) is 6.42 Å². The van der Waals surface area contributed by atoms with E-state index in [0.29, 0.717) is 16.5 Å². The van der Waals surface area contributed by atoms with Crippen LogP contribution in [0.2, 0.25) is 0 Å². The zero-order chi connectivity index (χ0) is 13.3. The topological polar surface area (TPSA) is 43.8 Å². The van der Waals surface area contributed by atoms with Gasteiger partial charge in [0.25, 0.3) is 0 Å². The zero-order valence-corrected chi connectivity index (χ0v) is 11.3. The highest BCUT2D eigenvalue weighted by Gasteiger charge is 2.14. The first-order valence-corrected chi connectivity index (χ1v) is 6.20. The normalized spacial score (nSPS) is 12.7. The molecule has 0 saturated carbocycles. The highest BCUT2D eigenvalue weighted by molar-refractivity contribution is 9.10. The number of hydrogen-bond donors (Lipinski definition) is 1. The van der Waals surface area contributed by atoms with Gasteiger partial charge in [-0.2, -0.15) is 5.10 Å². The average molecular weight is 316 g/mol. The lowest BCUT2D eigenvalue weighted by Crippen LogP contribution is -2.18. The van der Waals surface area contributed by atoms with Crippen molar-refractivity contribution >= 4 is 15.9 Å². The minimum absolute atomic E-state index is 0.145. The minimum Gasteiger partial charge on any atom is -0.328 e. The van der Waals surface area contributed by atoms with E-state index in [1.54, 1.807) is 6.92 Å². The van der Waals surface area contributed by atoms with Gasteiger partial charge in [0.1, 0.15) is 5.69 Å². The molecule has 0 saturated heterocycles. The third kappa shape index (κ3) is 2.76. The number of hydrogen-bond acceptors (Lipinski definition) is 2. The van der Waals surface area contributed by atoms with Gasteiger partial charge < -0.3 is 5.73 Å². The number of halogens is 3. The first-order chi connectivity index (χ1) is 8.47. The van der Waals surface area contributed by atoms with E-state index in [1.807, 2.05) is 0 Å². The van der Waals surface area contributed by atoms with Crippen molar-refractivity contribution in [3.05, 3.63) is 46.2 Å². The molecule has 6 heteroatoms. The van der Waals surface area contributed by atoms with Crippen molar-refractivity contribution in [2.75, 3.05) is 0 Å². The molecule has 2 N–H and O–H groups in total. The molecule has 0 aliphatic heterocycles. The Balaban J connectivity index is 2.44. The quantitative estimate of drug-likeness (QED) is 0.946. The maximum absolute atomic E-state index is 13.9. The Labute approximate surface area is 112 Å². The first-order valence-electron chi connectivity index (χ1n) is 5.41. The SMILES string of the molecule is CC(N)Cc1cc(F)c(-n2cc(Br)cn2)c(F)c1. The molecule has 0 aliphatic rings. The maximum atomic E-state index is 13.9. The van der Waals surface area contributed by atoms with Crippen LogP contribution in [-0.4, -0.2) is 15.8 Å². The van der Waals surface area contributed by atoms with Crippen LogP contribution >= 0.6 is 15.9 Å². The van der Waals surface area contributed by atoms with Crippen molar-refractivity contribution in [2.24, 2.45) is 5.73 Å². The number of rotatable bonds is 3. The van der Waals surface area contributed by atoms with Gasteiger partial charge in [0.15, 0.2) is 11.6 Å². The smallest absolute Gasteiger partial charge is 0.152 e. The van der Waals surface area contributed by atoms with Gasteiger partial charge in [0, 0.05) is 12.2 Å². The Morgan fingerprint density at radius 3 is 2.44 bits per heavy atom. The van der Waals surface area contributed by atoms with Gasteiger partial charge in [-0.05, 0) is 47.0 Å². The van der Waals surface area contributed by atoms with E-state index in [9.17, 15) is 8.78 Å². The molecule has 1 unspecified atom stereocenters. The number of aromatic nitrogens is 2. The van der Waals surface area contributed by atoms with Gasteiger partial charge in [0.2, 0.25) is 0 Å². The van der Waals surface area contributed by atoms with E-state index in [2.05, 4.69) is 21.0 Å². The van der Waals surface area contributed by atoms with Crippen LogP contribution in [0.3, 0.4) is 0 Å². The second-order valence-electron chi connectivity index (χ2n) is 4.19. The Kier molecular flexibility index (Phi) is 3.77. The fraction of sp³-hybridized carbons (Fsp3) is 0.250. The van der Waals surface area contributed by atoms with Crippen LogP contribution in [0.25, 0.3) is 5.69 Å². The monoisotopic (exact) mass is 315 g/mol. The Bertz CT molecular complexity index is 543. The van der Waals surface area contributed by atoms with Gasteiger partial charge in [-0.25, -0.2) is 13.5 Å². The molecule has 1 aromatic heterocycles. The summed E-state index contributed by atoms with van der Waals surface area (Å²) in [5.74, 6) is -1.30. The summed E-state index contributed by atoms with van der Waals surface area (Å²) in [6.45, 7) is 1.79. The Hall–Kier alpha value is -1.27. The van der Waals surface area contributed by atoms with Crippen molar-refractivity contribution in [2.45, 2.75) is 19.4 Å². The highest BCUT2D eigenvalue weighted by atomic mass is 79.9. The van der Waals surface area contributed by atoms with Crippen LogP contribution in [0.5, 0.6) is 0 Å². The molecule has 3 nitrogen and oxygen atoms in total. The summed E-state index contributed by atoms with van der Waals surface area (Å²) in [4.78, 5) is 0. The van der Waals surface area contributed by atoms with Crippen LogP contribution < -0.4 is 5.73 Å². The van der Waals surface area contributed by atoms with Crippen LogP contribution in [0.4, 0.5) is 8.78 Å². The summed E-state index contributed by atoms with van der Waals surface area (Å²) in [6, 6.07) is 2.43. The fourth-order valence-corrected chi connectivity index (χ4v) is 2.04. The largest absolute Gasteiger partial charge is 0.328 e. The third-order valence-electron chi connectivity index (χ3n) is 2.41. The molecule has 1 heterocycles. The molecular formula is C12H12BrF2N3. The number of nitrogens with two attached hydrogens (primary N) is 1. The van der Waals surface area contributed by atoms with Crippen molar-refractivity contribution in [3.63, 3.8) is 0 Å². The molecule has 1 atom stereocenters. The fourth-order valence-electron chi connectivity index (χ4n) is 1.75. The molecule has 1 aromatic carbocycles. The number of nitrogens with zero attached hydrogens (tertiary/aromatic N) is 2. The molecule has 0 spiro atoms. The lowest BCUT2D eigenvalue weighted by molar-refractivity contribution is 0.555. The van der Waals surface area contributed by atoms with Crippen molar-refractivity contribution in [1.82, 2.24) is 9.78 Å². The van der Waals surface area contributed by atoms with E-state index >= 15 is 0 Å². The van der Waals surface area contributed by atoms with Crippen molar-refractivity contribution in [3.8, 4) is 5.69 Å². The van der Waals surface area contributed by atoms with Gasteiger partial charge >= 0.3 is 0 Å². The molecule has 2 rings (SSSR count). The molecule has 0 bridgehead atoms. The van der Waals surface area contributed by atoms with Crippen LogP contribution in [0.1, 0.15) is 12.5 Å². The van der Waals surface area contributed by atoms with E-state index < -0.39 is 11.6 Å². The lowest BCUT2D eigenvalue weighted by Gasteiger charge is -2.09. The molecule has 2 aromatic rings. The second-order valence-corrected chi connectivity index (χ2v) is 5.11. The standard InChI is InChI=1S/C12H12BrF2N3/c1-7(16)2-8-3-10(14)12(11(15)4-8)18-6-9(13)5-17-18/h3-7H,2,16H2,1H3. The molecule has 96 valence electrons. The first kappa shape index (κ1) is 13.2. The summed E-state index contributed by atoms with van der Waals surface area (Å²) < 4.78 is 29.6. The zero-order valence-electron chi connectivity index (χ0n) is 9.70. The predicted molar refractivity (Wildman–Crippen MR) is 68.5 cm³/mol. The molecule has 0 aliphatic carbocycles. The third-order valence-corrected chi connectivity index (χ3v) is 2.82. The van der Waals surface area contributed by atoms with Gasteiger partial charge in [-0.15, -0.1) is 0 Å². The van der Waals surface area contributed by atoms with Crippen molar-refractivity contribution in [1.29, 1.82) is 0 Å². The molecule has 18 heavy (non-hydrogen) atoms. The summed E-state index contributed by atoms with van der Waals surface area (Å²) in [5.41, 5.74) is 5.96. The van der Waals surface area contributed by atoms with E-state index in [-0.39, 0.29) is 11.7 Å². The molecule has 0 fully saturated rings. The summed E-state index contributed by atoms with van der Waals surface area (Å²) >= 11 is 3.18. The van der Waals surface area contributed by atoms with Gasteiger partial charge in [-0.1, -0.05) is 0 Å². The highest BCUT2D eigenvalue weighted by Crippen LogP contribution is 2.21. The summed E-state index contributed by atoms with van der Waals surface area (Å²) in [6.07, 6.45) is 3.39. The van der Waals surface area contributed by atoms with Crippen LogP contribution in [0.15, 0.2) is 29.0 Å². The summed E-state index contributed by atoms with van der Waals surface area (Å²) in [5, 5.41) is 3.86. The Morgan fingerprint density at radius 2 is 2.00 bits per heavy atom. The second kappa shape index (κ2) is 5.16. The van der Waals surface area contributed by atoms with Gasteiger partial charge in [-0.3, -0.25) is 0 Å². The van der Waals surface area contributed by atoms with E-state index in [0.717, 1.165) is 4.68 Å². The maximum Gasteiger partial charge on any atom is 0.152 e. The lowest BCUT2D eigenvalue weighted by atomic mass is 10.1. The van der Waals surface area contributed by atoms with Crippen LogP contribution in [0, 0.1) is 11.6 Å². The average Bonchev–Trinajstić information content (AvgIpc) is 2.62.